The maximum absolute atomic E-state index is 12.8. The van der Waals surface area contributed by atoms with Gasteiger partial charge in [-0.3, -0.25) is 4.79 Å². The van der Waals surface area contributed by atoms with Crippen LogP contribution in [0, 0.1) is 22.7 Å². The van der Waals surface area contributed by atoms with Crippen LogP contribution < -0.4 is 10.1 Å². The Kier molecular flexibility index (Phi) is 6.49. The number of benzene rings is 3. The number of nitrogens with zero attached hydrogens (tertiary/aromatic N) is 2. The summed E-state index contributed by atoms with van der Waals surface area (Å²) in [5.74, 6) is 0.200. The van der Waals surface area contributed by atoms with E-state index in [1.165, 1.54) is 0 Å². The molecule has 1 aliphatic carbocycles. The van der Waals surface area contributed by atoms with Crippen LogP contribution in [0.1, 0.15) is 42.4 Å². The molecule has 0 bridgehead atoms. The van der Waals surface area contributed by atoms with Crippen LogP contribution in [-0.4, -0.2) is 11.9 Å². The summed E-state index contributed by atoms with van der Waals surface area (Å²) in [5.41, 5.74) is 2.06. The maximum Gasteiger partial charge on any atom is 0.262 e. The number of carbonyl (C=O) groups is 1. The Morgan fingerprint density at radius 2 is 1.78 bits per heavy atom. The predicted molar refractivity (Wildman–Crippen MR) is 123 cm³/mol. The van der Waals surface area contributed by atoms with Gasteiger partial charge in [0.05, 0.1) is 11.6 Å². The summed E-state index contributed by atoms with van der Waals surface area (Å²) in [6.45, 7) is 0.207. The molecule has 5 heteroatoms. The van der Waals surface area contributed by atoms with E-state index in [9.17, 15) is 15.3 Å². The molecule has 0 atom stereocenters. The molecule has 0 saturated heterocycles. The van der Waals surface area contributed by atoms with Crippen LogP contribution in [0.25, 0.3) is 16.8 Å². The van der Waals surface area contributed by atoms with E-state index in [1.807, 2.05) is 54.6 Å². The second-order valence-corrected chi connectivity index (χ2v) is 7.88. The molecule has 1 aliphatic rings. The molecule has 32 heavy (non-hydrogen) atoms. The number of carbonyl (C=O) groups excluding carboxylic acids is 1. The number of ether oxygens (including phenoxy) is 1. The minimum absolute atomic E-state index is 0.0514. The van der Waals surface area contributed by atoms with Crippen molar-refractivity contribution in [3.63, 3.8) is 0 Å². The third-order valence-electron chi connectivity index (χ3n) is 5.80. The molecule has 5 nitrogen and oxygen atoms in total. The van der Waals surface area contributed by atoms with Gasteiger partial charge in [-0.15, -0.1) is 0 Å². The Labute approximate surface area is 187 Å². The van der Waals surface area contributed by atoms with Gasteiger partial charge >= 0.3 is 0 Å². The van der Waals surface area contributed by atoms with Crippen molar-refractivity contribution >= 4 is 22.8 Å². The van der Waals surface area contributed by atoms with Gasteiger partial charge in [-0.25, -0.2) is 0 Å². The fraction of sp³-hybridized carbons (Fsp3) is 0.222. The number of amides is 1. The molecule has 158 valence electrons. The van der Waals surface area contributed by atoms with Crippen molar-refractivity contribution in [2.75, 3.05) is 0 Å². The van der Waals surface area contributed by atoms with E-state index < -0.39 is 0 Å². The molecule has 4 rings (SSSR count). The number of nitriles is 2. The molecule has 0 aromatic heterocycles. The van der Waals surface area contributed by atoms with Crippen molar-refractivity contribution in [2.45, 2.75) is 38.3 Å². The average Bonchev–Trinajstić information content (AvgIpc) is 3.34. The number of hydrogen-bond donors (Lipinski definition) is 1. The van der Waals surface area contributed by atoms with Gasteiger partial charge in [-0.2, -0.15) is 10.5 Å². The van der Waals surface area contributed by atoms with Gasteiger partial charge in [-0.05, 0) is 41.8 Å². The number of hydrogen-bond acceptors (Lipinski definition) is 4. The minimum atomic E-state index is -0.354. The number of fused-ring (bicyclic) bond motifs is 1. The lowest BCUT2D eigenvalue weighted by molar-refractivity contribution is -0.117. The lowest BCUT2D eigenvalue weighted by Gasteiger charge is -2.14. The molecular weight excluding hydrogens is 398 g/mol. The van der Waals surface area contributed by atoms with Gasteiger partial charge in [-0.1, -0.05) is 61.4 Å². The van der Waals surface area contributed by atoms with E-state index in [1.54, 1.807) is 12.1 Å². The van der Waals surface area contributed by atoms with Gasteiger partial charge in [0.1, 0.15) is 24.0 Å². The molecule has 0 radical (unpaired) electrons. The topological polar surface area (TPSA) is 85.9 Å². The van der Waals surface area contributed by atoms with E-state index >= 15 is 0 Å². The zero-order chi connectivity index (χ0) is 22.3. The summed E-state index contributed by atoms with van der Waals surface area (Å²) in [6, 6.07) is 23.2. The molecule has 1 fully saturated rings. The molecule has 0 unspecified atom stereocenters. The quantitative estimate of drug-likeness (QED) is 0.435. The molecule has 1 saturated carbocycles. The standard InChI is InChI=1S/C27H23N3O2/c28-16-20-8-1-2-9-21(20)18-32-26-14-13-19-7-3-6-12-24(19)25(26)15-22(17-29)27(31)30-23-10-4-5-11-23/h1-3,6-9,12-15,23H,4-5,10-11,18H2,(H,30,31)/b22-15-. The highest BCUT2D eigenvalue weighted by Gasteiger charge is 2.20. The highest BCUT2D eigenvalue weighted by Crippen LogP contribution is 2.31. The fourth-order valence-corrected chi connectivity index (χ4v) is 4.09. The van der Waals surface area contributed by atoms with Crippen molar-refractivity contribution in [1.82, 2.24) is 5.32 Å². The summed E-state index contributed by atoms with van der Waals surface area (Å²) in [5, 5.41) is 23.9. The highest BCUT2D eigenvalue weighted by molar-refractivity contribution is 6.05. The average molecular weight is 422 g/mol. The van der Waals surface area contributed by atoms with Crippen LogP contribution in [0.5, 0.6) is 5.75 Å². The van der Waals surface area contributed by atoms with Crippen LogP contribution in [0.3, 0.4) is 0 Å². The Morgan fingerprint density at radius 1 is 1.03 bits per heavy atom. The second-order valence-electron chi connectivity index (χ2n) is 7.88. The zero-order valence-corrected chi connectivity index (χ0v) is 17.7. The molecular formula is C27H23N3O2. The minimum Gasteiger partial charge on any atom is -0.488 e. The molecule has 1 N–H and O–H groups in total. The van der Waals surface area contributed by atoms with E-state index in [4.69, 9.17) is 4.74 Å². The summed E-state index contributed by atoms with van der Waals surface area (Å²) in [6.07, 6.45) is 5.71. The van der Waals surface area contributed by atoms with Gasteiger partial charge in [0.25, 0.3) is 5.91 Å². The Balaban J connectivity index is 1.69. The lowest BCUT2D eigenvalue weighted by atomic mass is 10.0. The summed E-state index contributed by atoms with van der Waals surface area (Å²) >= 11 is 0. The first-order valence-electron chi connectivity index (χ1n) is 10.7. The third-order valence-corrected chi connectivity index (χ3v) is 5.80. The Hall–Kier alpha value is -4.09. The van der Waals surface area contributed by atoms with Crippen molar-refractivity contribution < 1.29 is 9.53 Å². The van der Waals surface area contributed by atoms with Crippen molar-refractivity contribution in [2.24, 2.45) is 0 Å². The molecule has 3 aromatic rings. The van der Waals surface area contributed by atoms with Gasteiger partial charge in [0, 0.05) is 17.2 Å². The van der Waals surface area contributed by atoms with Crippen LogP contribution >= 0.6 is 0 Å². The van der Waals surface area contributed by atoms with Crippen LogP contribution in [0.2, 0.25) is 0 Å². The molecule has 0 spiro atoms. The largest absolute Gasteiger partial charge is 0.488 e. The smallest absolute Gasteiger partial charge is 0.262 e. The molecule has 0 aliphatic heterocycles. The third kappa shape index (κ3) is 4.63. The van der Waals surface area contributed by atoms with Crippen molar-refractivity contribution in [1.29, 1.82) is 10.5 Å². The summed E-state index contributed by atoms with van der Waals surface area (Å²) in [4.78, 5) is 12.8. The number of nitrogens with one attached hydrogen (secondary N) is 1. The summed E-state index contributed by atoms with van der Waals surface area (Å²) in [7, 11) is 0. The van der Waals surface area contributed by atoms with Crippen LogP contribution in [0.15, 0.2) is 66.2 Å². The van der Waals surface area contributed by atoms with Gasteiger partial charge in [0.15, 0.2) is 0 Å². The van der Waals surface area contributed by atoms with E-state index in [-0.39, 0.29) is 24.1 Å². The SMILES string of the molecule is N#C/C(=C/c1c(OCc2ccccc2C#N)ccc2ccccc12)C(=O)NC1CCCC1. The zero-order valence-electron chi connectivity index (χ0n) is 17.7. The van der Waals surface area contributed by atoms with E-state index in [2.05, 4.69) is 17.5 Å². The summed E-state index contributed by atoms with van der Waals surface area (Å²) < 4.78 is 6.10. The Morgan fingerprint density at radius 3 is 2.56 bits per heavy atom. The first-order chi connectivity index (χ1) is 15.7. The van der Waals surface area contributed by atoms with Crippen LogP contribution in [-0.2, 0) is 11.4 Å². The monoisotopic (exact) mass is 421 g/mol. The van der Waals surface area contributed by atoms with E-state index in [0.29, 0.717) is 16.9 Å². The van der Waals surface area contributed by atoms with Crippen molar-refractivity contribution in [3.05, 3.63) is 82.9 Å². The van der Waals surface area contributed by atoms with Gasteiger partial charge in [0.2, 0.25) is 0 Å². The second kappa shape index (κ2) is 9.81. The number of rotatable bonds is 6. The normalized spacial score (nSPS) is 14.0. The predicted octanol–water partition coefficient (Wildman–Crippen LogP) is 5.26. The van der Waals surface area contributed by atoms with Crippen LogP contribution in [0.4, 0.5) is 0 Å². The first-order valence-corrected chi connectivity index (χ1v) is 10.7. The maximum atomic E-state index is 12.8. The van der Waals surface area contributed by atoms with Gasteiger partial charge < -0.3 is 10.1 Å². The molecule has 0 heterocycles. The van der Waals surface area contributed by atoms with E-state index in [0.717, 1.165) is 42.0 Å². The Bertz CT molecular complexity index is 1260. The molecule has 3 aromatic carbocycles. The highest BCUT2D eigenvalue weighted by atomic mass is 16.5. The first kappa shape index (κ1) is 21.2. The van der Waals surface area contributed by atoms with Crippen molar-refractivity contribution in [3.8, 4) is 17.9 Å². The lowest BCUT2D eigenvalue weighted by Crippen LogP contribution is -2.33. The molecule has 1 amide bonds. The fourth-order valence-electron chi connectivity index (χ4n) is 4.09.